The molecule has 5 nitrogen and oxygen atoms in total. The van der Waals surface area contributed by atoms with Gasteiger partial charge in [0.2, 0.25) is 0 Å². The fourth-order valence-corrected chi connectivity index (χ4v) is 4.93. The van der Waals surface area contributed by atoms with Crippen molar-refractivity contribution in [3.8, 4) is 5.69 Å². The van der Waals surface area contributed by atoms with Crippen LogP contribution in [0, 0.1) is 23.2 Å². The van der Waals surface area contributed by atoms with Crippen LogP contribution in [-0.4, -0.2) is 26.9 Å². The van der Waals surface area contributed by atoms with Gasteiger partial charge in [-0.3, -0.25) is 19.3 Å². The van der Waals surface area contributed by atoms with E-state index in [-0.39, 0.29) is 17.0 Å². The van der Waals surface area contributed by atoms with Crippen LogP contribution in [0.15, 0.2) is 53.4 Å². The minimum absolute atomic E-state index is 0.142. The Morgan fingerprint density at radius 3 is 2.31 bits per heavy atom. The Kier molecular flexibility index (Phi) is 6.34. The van der Waals surface area contributed by atoms with Crippen molar-refractivity contribution in [1.82, 2.24) is 9.47 Å². The molecular formula is C24H18FIN2O3S. The monoisotopic (exact) mass is 560 g/mol. The summed E-state index contributed by atoms with van der Waals surface area (Å²) in [6.07, 6.45) is 2.35. The molecule has 0 unspecified atom stereocenters. The average molecular weight is 560 g/mol. The number of hydrogen-bond donors (Lipinski definition) is 0. The first-order chi connectivity index (χ1) is 15.3. The van der Waals surface area contributed by atoms with Gasteiger partial charge in [0.1, 0.15) is 5.82 Å². The second-order valence-corrected chi connectivity index (χ2v) is 9.53. The number of thioether (sulfide) groups is 1. The number of aldehydes is 1. The number of benzene rings is 2. The number of imide groups is 1. The van der Waals surface area contributed by atoms with E-state index < -0.39 is 17.0 Å². The Hall–Kier alpha value is -2.72. The number of carbonyl (C=O) groups excluding carboxylic acids is 3. The lowest BCUT2D eigenvalue weighted by atomic mass is 10.1. The number of nitrogens with zero attached hydrogens (tertiary/aromatic N) is 2. The summed E-state index contributed by atoms with van der Waals surface area (Å²) in [6.45, 7) is 3.57. The molecule has 2 aromatic carbocycles. The minimum atomic E-state index is -0.501. The van der Waals surface area contributed by atoms with Gasteiger partial charge < -0.3 is 4.57 Å². The van der Waals surface area contributed by atoms with E-state index in [0.717, 1.165) is 43.6 Å². The largest absolute Gasteiger partial charge is 0.317 e. The Morgan fingerprint density at radius 1 is 1.00 bits per heavy atom. The molecule has 0 atom stereocenters. The van der Waals surface area contributed by atoms with E-state index in [0.29, 0.717) is 11.1 Å². The van der Waals surface area contributed by atoms with Crippen molar-refractivity contribution in [2.75, 3.05) is 0 Å². The van der Waals surface area contributed by atoms with Gasteiger partial charge in [-0.15, -0.1) is 0 Å². The number of hydrogen-bond acceptors (Lipinski definition) is 4. The molecule has 4 rings (SSSR count). The third-order valence-electron chi connectivity index (χ3n) is 5.38. The highest BCUT2D eigenvalue weighted by molar-refractivity contribution is 14.1. The molecule has 0 radical (unpaired) electrons. The molecule has 3 aromatic rings. The maximum absolute atomic E-state index is 14.0. The fourth-order valence-electron chi connectivity index (χ4n) is 3.76. The van der Waals surface area contributed by atoms with Crippen molar-refractivity contribution in [2.45, 2.75) is 20.4 Å². The summed E-state index contributed by atoms with van der Waals surface area (Å²) in [5, 5.41) is -0.469. The summed E-state index contributed by atoms with van der Waals surface area (Å²) in [5.74, 6) is -0.973. The van der Waals surface area contributed by atoms with Crippen molar-refractivity contribution in [3.05, 3.63) is 90.9 Å². The lowest BCUT2D eigenvalue weighted by Gasteiger charge is -2.12. The molecular weight excluding hydrogens is 542 g/mol. The van der Waals surface area contributed by atoms with Gasteiger partial charge in [0.15, 0.2) is 6.29 Å². The molecule has 8 heteroatoms. The van der Waals surface area contributed by atoms with E-state index in [9.17, 15) is 18.8 Å². The molecule has 0 bridgehead atoms. The first-order valence-corrected chi connectivity index (χ1v) is 11.6. The van der Waals surface area contributed by atoms with Gasteiger partial charge in [-0.2, -0.15) is 0 Å². The molecule has 162 valence electrons. The van der Waals surface area contributed by atoms with Gasteiger partial charge >= 0.3 is 0 Å². The van der Waals surface area contributed by atoms with Crippen molar-refractivity contribution in [3.63, 3.8) is 0 Å². The minimum Gasteiger partial charge on any atom is -0.317 e. The summed E-state index contributed by atoms with van der Waals surface area (Å²) in [6, 6.07) is 13.9. The zero-order valence-corrected chi connectivity index (χ0v) is 20.2. The van der Waals surface area contributed by atoms with E-state index in [1.54, 1.807) is 24.3 Å². The summed E-state index contributed by atoms with van der Waals surface area (Å²) in [7, 11) is 0. The van der Waals surface area contributed by atoms with Crippen LogP contribution in [-0.2, 0) is 11.3 Å². The molecule has 0 aliphatic carbocycles. The quantitative estimate of drug-likeness (QED) is 0.222. The van der Waals surface area contributed by atoms with E-state index >= 15 is 0 Å². The highest BCUT2D eigenvalue weighted by Gasteiger charge is 2.36. The number of aromatic nitrogens is 1. The number of carbonyl (C=O) groups is 3. The normalized spacial score (nSPS) is 15.1. The topological polar surface area (TPSA) is 59.4 Å². The lowest BCUT2D eigenvalue weighted by Crippen LogP contribution is -2.27. The summed E-state index contributed by atoms with van der Waals surface area (Å²) in [5.41, 5.74) is 3.74. The van der Waals surface area contributed by atoms with Crippen molar-refractivity contribution in [1.29, 1.82) is 0 Å². The van der Waals surface area contributed by atoms with Crippen LogP contribution in [0.2, 0.25) is 0 Å². The van der Waals surface area contributed by atoms with Gasteiger partial charge in [-0.05, 0) is 84.6 Å². The van der Waals surface area contributed by atoms with Gasteiger partial charge in [-0.25, -0.2) is 4.39 Å². The van der Waals surface area contributed by atoms with E-state index in [2.05, 4.69) is 22.6 Å². The molecule has 1 aliphatic heterocycles. The molecule has 0 N–H and O–H groups in total. The highest BCUT2D eigenvalue weighted by Crippen LogP contribution is 2.36. The first-order valence-electron chi connectivity index (χ1n) is 9.73. The molecule has 1 aromatic heterocycles. The zero-order chi connectivity index (χ0) is 23.0. The van der Waals surface area contributed by atoms with Crippen LogP contribution >= 0.6 is 34.4 Å². The number of amides is 2. The standard InChI is InChI=1S/C24H18FIN2O3S/c1-14-19(20(13-29)15(2)28(14)18-9-7-17(26)8-10-18)11-22-23(30)27(24(31)32-22)12-16-5-3-4-6-21(16)25/h3-11,13H,12H2,1-2H3/b22-11-. The lowest BCUT2D eigenvalue weighted by molar-refractivity contribution is -0.123. The van der Waals surface area contributed by atoms with Gasteiger partial charge in [0.25, 0.3) is 11.1 Å². The predicted molar refractivity (Wildman–Crippen MR) is 131 cm³/mol. The molecule has 2 heterocycles. The third-order valence-corrected chi connectivity index (χ3v) is 7.01. The molecule has 2 amide bonds. The second-order valence-electron chi connectivity index (χ2n) is 7.29. The smallest absolute Gasteiger partial charge is 0.293 e. The van der Waals surface area contributed by atoms with Crippen LogP contribution in [0.5, 0.6) is 0 Å². The highest BCUT2D eigenvalue weighted by atomic mass is 127. The van der Waals surface area contributed by atoms with Crippen molar-refractivity contribution >= 4 is 57.9 Å². The molecule has 0 saturated carbocycles. The second kappa shape index (κ2) is 9.03. The average Bonchev–Trinajstić information content (AvgIpc) is 3.17. The maximum Gasteiger partial charge on any atom is 0.293 e. The summed E-state index contributed by atoms with van der Waals surface area (Å²) >= 11 is 3.02. The molecule has 1 saturated heterocycles. The van der Waals surface area contributed by atoms with Gasteiger partial charge in [-0.1, -0.05) is 18.2 Å². The Balaban J connectivity index is 1.72. The Labute approximate surface area is 202 Å². The number of halogens is 2. The SMILES string of the molecule is Cc1c(C=O)c(/C=C2\SC(=O)N(Cc3ccccc3F)C2=O)c(C)n1-c1ccc(I)cc1. The fraction of sp³-hybridized carbons (Fsp3) is 0.125. The van der Waals surface area contributed by atoms with E-state index in [1.807, 2.05) is 42.7 Å². The van der Waals surface area contributed by atoms with Crippen molar-refractivity contribution < 1.29 is 18.8 Å². The van der Waals surface area contributed by atoms with Crippen LogP contribution < -0.4 is 0 Å². The summed E-state index contributed by atoms with van der Waals surface area (Å²) in [4.78, 5) is 38.6. The number of rotatable bonds is 5. The predicted octanol–water partition coefficient (Wildman–Crippen LogP) is 5.89. The third kappa shape index (κ3) is 4.04. The summed E-state index contributed by atoms with van der Waals surface area (Å²) < 4.78 is 17.1. The van der Waals surface area contributed by atoms with Crippen LogP contribution in [0.3, 0.4) is 0 Å². The van der Waals surface area contributed by atoms with Gasteiger partial charge in [0, 0.05) is 37.3 Å². The van der Waals surface area contributed by atoms with E-state index in [1.165, 1.54) is 6.07 Å². The molecule has 1 fully saturated rings. The Morgan fingerprint density at radius 2 is 1.66 bits per heavy atom. The first kappa shape index (κ1) is 22.5. The molecule has 1 aliphatic rings. The Bertz CT molecular complexity index is 1280. The zero-order valence-electron chi connectivity index (χ0n) is 17.3. The van der Waals surface area contributed by atoms with E-state index in [4.69, 9.17) is 0 Å². The van der Waals surface area contributed by atoms with Crippen LogP contribution in [0.4, 0.5) is 9.18 Å². The van der Waals surface area contributed by atoms with Gasteiger partial charge in [0.05, 0.1) is 11.4 Å². The van der Waals surface area contributed by atoms with Crippen molar-refractivity contribution in [2.24, 2.45) is 0 Å². The van der Waals surface area contributed by atoms with Crippen LogP contribution in [0.1, 0.15) is 32.9 Å². The molecule has 32 heavy (non-hydrogen) atoms. The van der Waals surface area contributed by atoms with Crippen LogP contribution in [0.25, 0.3) is 11.8 Å². The molecule has 0 spiro atoms. The maximum atomic E-state index is 14.0.